The predicted octanol–water partition coefficient (Wildman–Crippen LogP) is 1.55. The first-order chi connectivity index (χ1) is 10.2. The fourth-order valence-corrected chi connectivity index (χ4v) is 6.67. The van der Waals surface area contributed by atoms with Crippen molar-refractivity contribution in [1.29, 1.82) is 0 Å². The minimum Gasteiger partial charge on any atom is -0.396 e. The minimum atomic E-state index is -0.501. The Labute approximate surface area is 133 Å². The highest BCUT2D eigenvalue weighted by Crippen LogP contribution is 2.64. The lowest BCUT2D eigenvalue weighted by atomic mass is 9.42. The van der Waals surface area contributed by atoms with Crippen LogP contribution in [0.4, 0.5) is 0 Å². The summed E-state index contributed by atoms with van der Waals surface area (Å²) in [7, 11) is 0. The molecule has 3 rings (SSSR count). The maximum absolute atomic E-state index is 10.8. The molecule has 0 aromatic rings. The summed E-state index contributed by atoms with van der Waals surface area (Å²) in [6.07, 6.45) is 2.44. The smallest absolute Gasteiger partial charge is 0.0583 e. The Kier molecular flexibility index (Phi) is 4.13. The maximum Gasteiger partial charge on any atom is 0.0583 e. The first-order valence-corrected chi connectivity index (χ1v) is 8.86. The first kappa shape index (κ1) is 16.7. The van der Waals surface area contributed by atoms with Gasteiger partial charge in [0.05, 0.1) is 18.3 Å². The van der Waals surface area contributed by atoms with Gasteiger partial charge in [0.2, 0.25) is 0 Å². The van der Waals surface area contributed by atoms with E-state index in [0.29, 0.717) is 31.1 Å². The van der Waals surface area contributed by atoms with Gasteiger partial charge in [0, 0.05) is 6.61 Å². The second-order valence-corrected chi connectivity index (χ2v) is 9.08. The first-order valence-electron chi connectivity index (χ1n) is 8.86. The maximum atomic E-state index is 10.8. The van der Waals surface area contributed by atoms with Crippen LogP contribution >= 0.6 is 0 Å². The van der Waals surface area contributed by atoms with E-state index in [1.54, 1.807) is 0 Å². The molecule has 0 heterocycles. The van der Waals surface area contributed by atoms with Crippen molar-refractivity contribution in [3.63, 3.8) is 0 Å². The van der Waals surface area contributed by atoms with Crippen LogP contribution in [0.3, 0.4) is 0 Å². The Morgan fingerprint density at radius 3 is 2.27 bits per heavy atom. The van der Waals surface area contributed by atoms with Crippen LogP contribution < -0.4 is 0 Å². The number of hydrogen-bond donors (Lipinski definition) is 4. The van der Waals surface area contributed by atoms with E-state index in [9.17, 15) is 20.4 Å². The third-order valence-electron chi connectivity index (χ3n) is 7.26. The number of fused-ring (bicyclic) bond motifs is 3. The van der Waals surface area contributed by atoms with Crippen LogP contribution in [0.2, 0.25) is 0 Å². The lowest BCUT2D eigenvalue weighted by Crippen LogP contribution is -2.63. The second kappa shape index (κ2) is 5.44. The van der Waals surface area contributed by atoms with Crippen molar-refractivity contribution in [2.75, 3.05) is 6.61 Å². The largest absolute Gasteiger partial charge is 0.396 e. The van der Waals surface area contributed by atoms with E-state index in [2.05, 4.69) is 13.8 Å². The fourth-order valence-electron chi connectivity index (χ4n) is 6.67. The Morgan fingerprint density at radius 2 is 1.64 bits per heavy atom. The summed E-state index contributed by atoms with van der Waals surface area (Å²) in [5, 5.41) is 41.8. The van der Waals surface area contributed by atoms with Gasteiger partial charge in [-0.2, -0.15) is 0 Å². The highest BCUT2D eigenvalue weighted by Gasteiger charge is 2.62. The predicted molar refractivity (Wildman–Crippen MR) is 84.0 cm³/mol. The normalized spacial score (nSPS) is 58.8. The molecule has 0 radical (unpaired) electrons. The molecule has 0 spiro atoms. The van der Waals surface area contributed by atoms with Crippen molar-refractivity contribution in [1.82, 2.24) is 0 Å². The number of aliphatic hydroxyl groups is 4. The van der Waals surface area contributed by atoms with Gasteiger partial charge in [-0.1, -0.05) is 20.8 Å². The van der Waals surface area contributed by atoms with E-state index in [1.165, 1.54) is 0 Å². The molecule has 9 atom stereocenters. The Balaban J connectivity index is 2.02. The summed E-state index contributed by atoms with van der Waals surface area (Å²) >= 11 is 0. The van der Waals surface area contributed by atoms with Crippen molar-refractivity contribution in [3.05, 3.63) is 0 Å². The molecule has 0 saturated heterocycles. The Bertz CT molecular complexity index is 427. The third kappa shape index (κ3) is 2.34. The molecule has 128 valence electrons. The number of aliphatic hydroxyl groups excluding tert-OH is 4. The molecule has 3 aliphatic rings. The van der Waals surface area contributed by atoms with Gasteiger partial charge in [-0.25, -0.2) is 0 Å². The quantitative estimate of drug-likeness (QED) is 0.592. The summed E-state index contributed by atoms with van der Waals surface area (Å²) in [4.78, 5) is 0. The zero-order chi connectivity index (χ0) is 16.3. The van der Waals surface area contributed by atoms with E-state index in [4.69, 9.17) is 0 Å². The summed E-state index contributed by atoms with van der Waals surface area (Å²) in [5.41, 5.74) is -0.657. The van der Waals surface area contributed by atoms with Gasteiger partial charge in [-0.15, -0.1) is 0 Å². The molecule has 3 fully saturated rings. The summed E-state index contributed by atoms with van der Waals surface area (Å²) < 4.78 is 0. The van der Waals surface area contributed by atoms with Crippen LogP contribution in [0.5, 0.6) is 0 Å². The van der Waals surface area contributed by atoms with Crippen LogP contribution in [-0.2, 0) is 0 Å². The molecule has 0 aliphatic heterocycles. The van der Waals surface area contributed by atoms with Gasteiger partial charge in [-0.3, -0.25) is 0 Å². The van der Waals surface area contributed by atoms with Crippen LogP contribution in [0.25, 0.3) is 0 Å². The molecule has 0 aromatic carbocycles. The minimum absolute atomic E-state index is 0.00310. The Morgan fingerprint density at radius 1 is 0.955 bits per heavy atom. The monoisotopic (exact) mass is 312 g/mol. The van der Waals surface area contributed by atoms with Crippen molar-refractivity contribution >= 4 is 0 Å². The molecular weight excluding hydrogens is 280 g/mol. The number of hydrogen-bond acceptors (Lipinski definition) is 4. The van der Waals surface area contributed by atoms with Crippen LogP contribution in [-0.4, -0.2) is 45.3 Å². The molecule has 4 N–H and O–H groups in total. The van der Waals surface area contributed by atoms with E-state index in [0.717, 1.165) is 12.8 Å². The second-order valence-electron chi connectivity index (χ2n) is 9.08. The van der Waals surface area contributed by atoms with Crippen LogP contribution in [0.1, 0.15) is 52.9 Å². The van der Waals surface area contributed by atoms with E-state index in [-0.39, 0.29) is 30.0 Å². The lowest BCUT2D eigenvalue weighted by Gasteiger charge is -2.64. The molecule has 22 heavy (non-hydrogen) atoms. The van der Waals surface area contributed by atoms with Crippen LogP contribution in [0, 0.1) is 34.5 Å². The molecule has 3 saturated carbocycles. The van der Waals surface area contributed by atoms with Gasteiger partial charge in [0.15, 0.2) is 0 Å². The van der Waals surface area contributed by atoms with Gasteiger partial charge in [-0.05, 0) is 66.6 Å². The van der Waals surface area contributed by atoms with Crippen molar-refractivity contribution in [3.8, 4) is 0 Å². The molecule has 4 heteroatoms. The van der Waals surface area contributed by atoms with Crippen molar-refractivity contribution < 1.29 is 20.4 Å². The highest BCUT2D eigenvalue weighted by atomic mass is 16.3. The van der Waals surface area contributed by atoms with E-state index >= 15 is 0 Å². The highest BCUT2D eigenvalue weighted by molar-refractivity contribution is 5.11. The number of rotatable bonds is 1. The zero-order valence-electron chi connectivity index (χ0n) is 14.1. The summed E-state index contributed by atoms with van der Waals surface area (Å²) in [6.45, 7) is 6.37. The van der Waals surface area contributed by atoms with Gasteiger partial charge >= 0.3 is 0 Å². The molecule has 0 bridgehead atoms. The van der Waals surface area contributed by atoms with Crippen molar-refractivity contribution in [2.45, 2.75) is 71.2 Å². The molecule has 0 amide bonds. The van der Waals surface area contributed by atoms with Gasteiger partial charge < -0.3 is 20.4 Å². The molecule has 0 aromatic heterocycles. The lowest BCUT2D eigenvalue weighted by molar-refractivity contribution is -0.221. The van der Waals surface area contributed by atoms with Gasteiger partial charge in [0.25, 0.3) is 0 Å². The Hall–Kier alpha value is -0.160. The SMILES string of the molecule is C[C@H]1C[C@@H](O)[C@H]2C[C@H](O)[C@@H]3[C@](C)(CO)C[C@H](O)C[C@@]3(C)[C@@H]2C1. The fraction of sp³-hybridized carbons (Fsp3) is 1.00. The summed E-state index contributed by atoms with van der Waals surface area (Å²) in [5.74, 6) is 0.914. The van der Waals surface area contributed by atoms with Crippen molar-refractivity contribution in [2.24, 2.45) is 34.5 Å². The summed E-state index contributed by atoms with van der Waals surface area (Å²) in [6, 6.07) is 0. The topological polar surface area (TPSA) is 80.9 Å². The van der Waals surface area contributed by atoms with E-state index < -0.39 is 17.6 Å². The molecular formula is C18H32O4. The average Bonchev–Trinajstić information content (AvgIpc) is 2.39. The van der Waals surface area contributed by atoms with Gasteiger partial charge in [0.1, 0.15) is 0 Å². The average molecular weight is 312 g/mol. The standard InChI is InChI=1S/C18H32O4/c1-10-4-13-12(14(21)5-10)6-15(22)16-17(2,9-19)7-11(20)8-18(13,16)3/h10-16,19-22H,4-9H2,1-3H3/t10-,11+,12+,13-,14-,15+,16-,17+,18+/m1/s1. The zero-order valence-corrected chi connectivity index (χ0v) is 14.1. The van der Waals surface area contributed by atoms with Crippen LogP contribution in [0.15, 0.2) is 0 Å². The molecule has 4 nitrogen and oxygen atoms in total. The van der Waals surface area contributed by atoms with E-state index in [1.807, 2.05) is 6.92 Å². The third-order valence-corrected chi connectivity index (χ3v) is 7.26. The molecule has 0 unspecified atom stereocenters. The molecule has 3 aliphatic carbocycles.